The number of hydrogen-bond donors (Lipinski definition) is 5. The Morgan fingerprint density at radius 3 is 1.73 bits per heavy atom. The molecular formula is C24H30N4O5. The number of aliphatic carboxylic acids is 1. The Hall–Kier alpha value is -3.72. The van der Waals surface area contributed by atoms with Crippen molar-refractivity contribution in [3.8, 4) is 0 Å². The summed E-state index contributed by atoms with van der Waals surface area (Å²) in [6, 6.07) is 14.3. The molecule has 0 spiro atoms. The Morgan fingerprint density at radius 2 is 1.21 bits per heavy atom. The highest BCUT2D eigenvalue weighted by atomic mass is 16.4. The first kappa shape index (κ1) is 25.5. The largest absolute Gasteiger partial charge is 0.480 e. The number of carbonyl (C=O) groups is 4. The molecule has 0 aromatic heterocycles. The molecule has 0 aliphatic heterocycles. The number of benzene rings is 2. The molecule has 0 saturated carbocycles. The Kier molecular flexibility index (Phi) is 9.56. The van der Waals surface area contributed by atoms with E-state index in [-0.39, 0.29) is 6.42 Å². The Balaban J connectivity index is 2.01. The first-order valence-corrected chi connectivity index (χ1v) is 10.6. The van der Waals surface area contributed by atoms with E-state index in [0.29, 0.717) is 6.42 Å². The predicted molar refractivity (Wildman–Crippen MR) is 123 cm³/mol. The third-order valence-electron chi connectivity index (χ3n) is 5.03. The van der Waals surface area contributed by atoms with Crippen LogP contribution in [0.4, 0.5) is 0 Å². The van der Waals surface area contributed by atoms with Crippen LogP contribution in [0.5, 0.6) is 0 Å². The molecule has 33 heavy (non-hydrogen) atoms. The van der Waals surface area contributed by atoms with Gasteiger partial charge in [0.15, 0.2) is 0 Å². The molecule has 9 heteroatoms. The summed E-state index contributed by atoms with van der Waals surface area (Å²) in [6.07, 6.45) is 0.464. The van der Waals surface area contributed by atoms with Crippen LogP contribution in [0.1, 0.15) is 25.0 Å². The fourth-order valence-electron chi connectivity index (χ4n) is 3.08. The van der Waals surface area contributed by atoms with Crippen molar-refractivity contribution in [2.75, 3.05) is 0 Å². The third-order valence-corrected chi connectivity index (χ3v) is 5.03. The average Bonchev–Trinajstić information content (AvgIpc) is 2.79. The van der Waals surface area contributed by atoms with Gasteiger partial charge in [0.1, 0.15) is 18.1 Å². The first-order chi connectivity index (χ1) is 15.7. The Morgan fingerprint density at radius 1 is 0.727 bits per heavy atom. The molecule has 2 rings (SSSR count). The van der Waals surface area contributed by atoms with E-state index in [0.717, 1.165) is 11.1 Å². The number of carboxylic acids is 1. The number of nitrogens with one attached hydrogen (secondary N) is 3. The molecule has 0 radical (unpaired) electrons. The van der Waals surface area contributed by atoms with Crippen LogP contribution in [0.15, 0.2) is 60.7 Å². The van der Waals surface area contributed by atoms with Crippen LogP contribution in [0.25, 0.3) is 0 Å². The molecule has 0 aliphatic carbocycles. The van der Waals surface area contributed by atoms with Gasteiger partial charge < -0.3 is 26.8 Å². The molecule has 0 bridgehead atoms. The molecule has 3 amide bonds. The van der Waals surface area contributed by atoms with Crippen molar-refractivity contribution in [3.05, 3.63) is 71.8 Å². The van der Waals surface area contributed by atoms with E-state index in [2.05, 4.69) is 16.0 Å². The molecule has 0 fully saturated rings. The summed E-state index contributed by atoms with van der Waals surface area (Å²) in [6.45, 7) is 2.82. The molecule has 2 aromatic rings. The predicted octanol–water partition coefficient (Wildman–Crippen LogP) is 0.378. The van der Waals surface area contributed by atoms with Crippen molar-refractivity contribution >= 4 is 23.7 Å². The van der Waals surface area contributed by atoms with Crippen molar-refractivity contribution in [3.63, 3.8) is 0 Å². The lowest BCUT2D eigenvalue weighted by atomic mass is 10.0. The zero-order valence-electron chi connectivity index (χ0n) is 18.7. The van der Waals surface area contributed by atoms with Crippen LogP contribution < -0.4 is 21.7 Å². The zero-order chi connectivity index (χ0) is 24.4. The van der Waals surface area contributed by atoms with Crippen LogP contribution in [0.3, 0.4) is 0 Å². The van der Waals surface area contributed by atoms with Crippen LogP contribution in [0, 0.1) is 0 Å². The lowest BCUT2D eigenvalue weighted by Gasteiger charge is -2.23. The minimum atomic E-state index is -1.19. The molecule has 4 unspecified atom stereocenters. The number of rotatable bonds is 11. The number of carboxylic acid groups (broad SMARTS) is 1. The van der Waals surface area contributed by atoms with E-state index in [1.165, 1.54) is 13.8 Å². The molecule has 6 N–H and O–H groups in total. The highest BCUT2D eigenvalue weighted by molar-refractivity contribution is 5.94. The lowest BCUT2D eigenvalue weighted by molar-refractivity contribution is -0.141. The highest BCUT2D eigenvalue weighted by Gasteiger charge is 2.27. The maximum absolute atomic E-state index is 12.7. The maximum Gasteiger partial charge on any atom is 0.325 e. The number of nitrogens with two attached hydrogens (primary N) is 1. The van der Waals surface area contributed by atoms with Gasteiger partial charge in [-0.1, -0.05) is 60.7 Å². The van der Waals surface area contributed by atoms with Gasteiger partial charge in [-0.15, -0.1) is 0 Å². The summed E-state index contributed by atoms with van der Waals surface area (Å²) < 4.78 is 0. The van der Waals surface area contributed by atoms with Gasteiger partial charge in [0.05, 0.1) is 6.04 Å². The number of hydrogen-bond acceptors (Lipinski definition) is 5. The number of amides is 3. The minimum absolute atomic E-state index is 0.152. The van der Waals surface area contributed by atoms with Gasteiger partial charge in [0.25, 0.3) is 0 Å². The Labute approximate surface area is 192 Å². The zero-order valence-corrected chi connectivity index (χ0v) is 18.7. The van der Waals surface area contributed by atoms with Gasteiger partial charge in [-0.2, -0.15) is 0 Å². The molecule has 2 aromatic carbocycles. The van der Waals surface area contributed by atoms with Crippen LogP contribution in [0.2, 0.25) is 0 Å². The van der Waals surface area contributed by atoms with E-state index in [1.807, 2.05) is 36.4 Å². The van der Waals surface area contributed by atoms with E-state index in [1.54, 1.807) is 24.3 Å². The van der Waals surface area contributed by atoms with Gasteiger partial charge in [-0.25, -0.2) is 0 Å². The molecule has 176 valence electrons. The number of carbonyl (C=O) groups excluding carboxylic acids is 3. The van der Waals surface area contributed by atoms with E-state index in [4.69, 9.17) is 10.8 Å². The monoisotopic (exact) mass is 454 g/mol. The molecule has 4 atom stereocenters. The van der Waals surface area contributed by atoms with Crippen molar-refractivity contribution in [1.82, 2.24) is 16.0 Å². The van der Waals surface area contributed by atoms with E-state index in [9.17, 15) is 19.2 Å². The summed E-state index contributed by atoms with van der Waals surface area (Å²) in [4.78, 5) is 48.9. The quantitative estimate of drug-likeness (QED) is 0.331. The molecule has 0 aliphatic rings. The normalized spacial score (nSPS) is 14.3. The summed E-state index contributed by atoms with van der Waals surface area (Å²) >= 11 is 0. The van der Waals surface area contributed by atoms with Crippen LogP contribution in [-0.2, 0) is 32.0 Å². The van der Waals surface area contributed by atoms with Crippen molar-refractivity contribution < 1.29 is 24.3 Å². The molecule has 0 saturated heterocycles. The summed E-state index contributed by atoms with van der Waals surface area (Å²) in [5.41, 5.74) is 7.64. The van der Waals surface area contributed by atoms with Gasteiger partial charge in [-0.05, 0) is 31.4 Å². The fraction of sp³-hybridized carbons (Fsp3) is 0.333. The summed E-state index contributed by atoms with van der Waals surface area (Å²) in [5.74, 6) is -2.91. The molecular weight excluding hydrogens is 424 g/mol. The second kappa shape index (κ2) is 12.4. The summed E-state index contributed by atoms with van der Waals surface area (Å²) in [5, 5.41) is 16.6. The standard InChI is InChI=1S/C24H30N4O5/c1-15(26-22(30)19(25)13-17-9-5-3-6-10-17)21(29)28-20(14-18-11-7-4-8-12-18)23(31)27-16(2)24(32)33/h3-12,15-16,19-20H,13-14,25H2,1-2H3,(H,26,30)(H,27,31)(H,28,29)(H,32,33). The molecule has 9 nitrogen and oxygen atoms in total. The smallest absolute Gasteiger partial charge is 0.325 e. The van der Waals surface area contributed by atoms with Gasteiger partial charge in [-0.3, -0.25) is 19.2 Å². The fourth-order valence-corrected chi connectivity index (χ4v) is 3.08. The van der Waals surface area contributed by atoms with Crippen molar-refractivity contribution in [2.45, 2.75) is 50.9 Å². The van der Waals surface area contributed by atoms with Gasteiger partial charge in [0, 0.05) is 6.42 Å². The van der Waals surface area contributed by atoms with Crippen LogP contribution in [-0.4, -0.2) is 53.0 Å². The summed E-state index contributed by atoms with van der Waals surface area (Å²) in [7, 11) is 0. The SMILES string of the molecule is CC(NC(=O)C(Cc1ccccc1)NC(=O)C(C)NC(=O)C(N)Cc1ccccc1)C(=O)O. The first-order valence-electron chi connectivity index (χ1n) is 10.6. The van der Waals surface area contributed by atoms with Gasteiger partial charge in [0.2, 0.25) is 17.7 Å². The van der Waals surface area contributed by atoms with E-state index < -0.39 is 47.9 Å². The lowest BCUT2D eigenvalue weighted by Crippen LogP contribution is -2.56. The molecule has 0 heterocycles. The second-order valence-electron chi connectivity index (χ2n) is 7.85. The topological polar surface area (TPSA) is 151 Å². The van der Waals surface area contributed by atoms with Crippen molar-refractivity contribution in [2.24, 2.45) is 5.73 Å². The third kappa shape index (κ3) is 8.38. The average molecular weight is 455 g/mol. The van der Waals surface area contributed by atoms with Crippen molar-refractivity contribution in [1.29, 1.82) is 0 Å². The minimum Gasteiger partial charge on any atom is -0.480 e. The van der Waals surface area contributed by atoms with Gasteiger partial charge >= 0.3 is 5.97 Å². The Bertz CT molecular complexity index is 952. The maximum atomic E-state index is 12.7. The van der Waals surface area contributed by atoms with Crippen LogP contribution >= 0.6 is 0 Å². The second-order valence-corrected chi connectivity index (χ2v) is 7.85. The highest BCUT2D eigenvalue weighted by Crippen LogP contribution is 2.05. The van der Waals surface area contributed by atoms with E-state index >= 15 is 0 Å².